The Morgan fingerprint density at radius 1 is 1.25 bits per heavy atom. The molecule has 0 bridgehead atoms. The first-order chi connectivity index (χ1) is 11.4. The normalized spacial score (nSPS) is 19.2. The summed E-state index contributed by atoms with van der Waals surface area (Å²) in [6.07, 6.45) is 0.572. The van der Waals surface area contributed by atoms with E-state index >= 15 is 0 Å². The fraction of sp³-hybridized carbons (Fsp3) is 0.316. The van der Waals surface area contributed by atoms with E-state index in [0.717, 1.165) is 22.3 Å². The Bertz CT molecular complexity index is 745. The van der Waals surface area contributed by atoms with Gasteiger partial charge in [-0.3, -0.25) is 5.41 Å². The highest BCUT2D eigenvalue weighted by atomic mass is 19.1. The van der Waals surface area contributed by atoms with Crippen molar-refractivity contribution in [3.8, 4) is 0 Å². The van der Waals surface area contributed by atoms with Gasteiger partial charge in [0.25, 0.3) is 0 Å². The maximum atomic E-state index is 13.0. The lowest BCUT2D eigenvalue weighted by atomic mass is 10.0. The zero-order chi connectivity index (χ0) is 17.3. The van der Waals surface area contributed by atoms with E-state index in [2.05, 4.69) is 0 Å². The summed E-state index contributed by atoms with van der Waals surface area (Å²) >= 11 is 0. The fourth-order valence-electron chi connectivity index (χ4n) is 3.10. The molecule has 0 fully saturated rings. The van der Waals surface area contributed by atoms with Crippen molar-refractivity contribution < 1.29 is 9.50 Å². The molecule has 1 aliphatic rings. The van der Waals surface area contributed by atoms with Gasteiger partial charge in [0.15, 0.2) is 0 Å². The Morgan fingerprint density at radius 2 is 1.92 bits per heavy atom. The maximum absolute atomic E-state index is 13.0. The molecular weight excluding hydrogens is 305 g/mol. The van der Waals surface area contributed by atoms with E-state index in [-0.39, 0.29) is 11.9 Å². The minimum absolute atomic E-state index is 0.256. The molecule has 3 rings (SSSR count). The Balaban J connectivity index is 1.65. The Kier molecular flexibility index (Phi) is 4.64. The lowest BCUT2D eigenvalue weighted by molar-refractivity contribution is 0.158. The van der Waals surface area contributed by atoms with Crippen molar-refractivity contribution in [2.24, 2.45) is 5.73 Å². The average Bonchev–Trinajstić information content (AvgIpc) is 2.84. The standard InChI is InChI=1S/C19H22FN3O/c1-23(11-12-3-6-15(20)7-4-12)18(21)9-13-2-5-14-10-17(24)19(22)16(14)8-13/h2-8,17,19,21,24H,9-11,22H2,1H3. The van der Waals surface area contributed by atoms with Crippen LogP contribution >= 0.6 is 0 Å². The molecule has 0 radical (unpaired) electrons. The maximum Gasteiger partial charge on any atom is 0.123 e. The van der Waals surface area contributed by atoms with Crippen LogP contribution < -0.4 is 5.73 Å². The van der Waals surface area contributed by atoms with Crippen molar-refractivity contribution in [2.45, 2.75) is 31.5 Å². The average molecular weight is 327 g/mol. The predicted octanol–water partition coefficient (Wildman–Crippen LogP) is 2.39. The largest absolute Gasteiger partial charge is 0.391 e. The second-order valence-corrected chi connectivity index (χ2v) is 6.44. The minimum Gasteiger partial charge on any atom is -0.391 e. The quantitative estimate of drug-likeness (QED) is 0.596. The van der Waals surface area contributed by atoms with Gasteiger partial charge in [-0.05, 0) is 34.4 Å². The van der Waals surface area contributed by atoms with Gasteiger partial charge in [0.05, 0.1) is 12.1 Å². The van der Waals surface area contributed by atoms with E-state index in [1.807, 2.05) is 30.1 Å². The van der Waals surface area contributed by atoms with Crippen LogP contribution in [0.15, 0.2) is 42.5 Å². The van der Waals surface area contributed by atoms with Gasteiger partial charge in [-0.1, -0.05) is 30.3 Å². The monoisotopic (exact) mass is 327 g/mol. The summed E-state index contributed by atoms with van der Waals surface area (Å²) < 4.78 is 13.0. The molecule has 2 unspecified atom stereocenters. The van der Waals surface area contributed by atoms with Crippen LogP contribution in [-0.2, 0) is 19.4 Å². The van der Waals surface area contributed by atoms with Gasteiger partial charge in [0.1, 0.15) is 11.7 Å². The van der Waals surface area contributed by atoms with Gasteiger partial charge in [-0.25, -0.2) is 4.39 Å². The molecule has 4 N–H and O–H groups in total. The summed E-state index contributed by atoms with van der Waals surface area (Å²) in [5.41, 5.74) is 10.1. The highest BCUT2D eigenvalue weighted by Crippen LogP contribution is 2.30. The SMILES string of the molecule is CN(Cc1ccc(F)cc1)C(=N)Cc1ccc2c(c1)C(N)C(O)C2. The first-order valence-corrected chi connectivity index (χ1v) is 8.02. The molecule has 0 heterocycles. The zero-order valence-corrected chi connectivity index (χ0v) is 13.7. The summed E-state index contributed by atoms with van der Waals surface area (Å²) in [7, 11) is 1.86. The molecule has 2 aromatic carbocycles. The lowest BCUT2D eigenvalue weighted by Crippen LogP contribution is -2.27. The van der Waals surface area contributed by atoms with Crippen LogP contribution in [0, 0.1) is 11.2 Å². The summed E-state index contributed by atoms with van der Waals surface area (Å²) in [6.45, 7) is 0.558. The summed E-state index contributed by atoms with van der Waals surface area (Å²) in [5.74, 6) is 0.222. The molecule has 0 aromatic heterocycles. The number of hydrogen-bond donors (Lipinski definition) is 3. The number of rotatable bonds is 4. The van der Waals surface area contributed by atoms with Crippen LogP contribution in [0.4, 0.5) is 4.39 Å². The Hall–Kier alpha value is -2.24. The number of hydrogen-bond acceptors (Lipinski definition) is 3. The number of fused-ring (bicyclic) bond motifs is 1. The molecule has 0 saturated heterocycles. The number of benzene rings is 2. The molecular formula is C19H22FN3O. The second kappa shape index (κ2) is 6.71. The van der Waals surface area contributed by atoms with Crippen LogP contribution in [0.2, 0.25) is 0 Å². The Labute approximate surface area is 141 Å². The van der Waals surface area contributed by atoms with E-state index in [4.69, 9.17) is 11.1 Å². The van der Waals surface area contributed by atoms with E-state index in [9.17, 15) is 9.50 Å². The van der Waals surface area contributed by atoms with Gasteiger partial charge < -0.3 is 15.7 Å². The molecule has 0 aliphatic heterocycles. The van der Waals surface area contributed by atoms with Crippen molar-refractivity contribution >= 4 is 5.84 Å². The molecule has 24 heavy (non-hydrogen) atoms. The van der Waals surface area contributed by atoms with Crippen LogP contribution in [0.5, 0.6) is 0 Å². The van der Waals surface area contributed by atoms with E-state index < -0.39 is 6.10 Å². The number of likely N-dealkylation sites (N-methyl/N-ethyl adjacent to an activating group) is 1. The highest BCUT2D eigenvalue weighted by molar-refractivity contribution is 5.81. The molecule has 2 aromatic rings. The van der Waals surface area contributed by atoms with Gasteiger partial charge >= 0.3 is 0 Å². The van der Waals surface area contributed by atoms with Crippen LogP contribution in [-0.4, -0.2) is 29.0 Å². The van der Waals surface area contributed by atoms with Crippen molar-refractivity contribution in [2.75, 3.05) is 7.05 Å². The summed E-state index contributed by atoms with van der Waals surface area (Å²) in [6, 6.07) is 12.0. The van der Waals surface area contributed by atoms with Crippen LogP contribution in [0.25, 0.3) is 0 Å². The number of nitrogens with one attached hydrogen (secondary N) is 1. The van der Waals surface area contributed by atoms with Gasteiger partial charge in [-0.15, -0.1) is 0 Å². The minimum atomic E-state index is -0.518. The third-order valence-electron chi connectivity index (χ3n) is 4.58. The van der Waals surface area contributed by atoms with Crippen molar-refractivity contribution in [3.63, 3.8) is 0 Å². The fourth-order valence-corrected chi connectivity index (χ4v) is 3.10. The number of nitrogens with two attached hydrogens (primary N) is 1. The number of halogens is 1. The molecule has 1 aliphatic carbocycles. The van der Waals surface area contributed by atoms with Gasteiger partial charge in [0, 0.05) is 26.4 Å². The molecule has 0 spiro atoms. The lowest BCUT2D eigenvalue weighted by Gasteiger charge is -2.20. The number of amidine groups is 1. The predicted molar refractivity (Wildman–Crippen MR) is 92.4 cm³/mol. The van der Waals surface area contributed by atoms with Crippen LogP contribution in [0.1, 0.15) is 28.3 Å². The third kappa shape index (κ3) is 3.47. The first kappa shape index (κ1) is 16.6. The van der Waals surface area contributed by atoms with Crippen molar-refractivity contribution in [3.05, 3.63) is 70.5 Å². The summed E-state index contributed by atoms with van der Waals surface area (Å²) in [5, 5.41) is 18.1. The molecule has 4 nitrogen and oxygen atoms in total. The topological polar surface area (TPSA) is 73.3 Å². The zero-order valence-electron chi connectivity index (χ0n) is 13.7. The van der Waals surface area contributed by atoms with Crippen molar-refractivity contribution in [1.29, 1.82) is 5.41 Å². The summed E-state index contributed by atoms with van der Waals surface area (Å²) in [4.78, 5) is 1.84. The number of aliphatic hydroxyl groups excluding tert-OH is 1. The van der Waals surface area contributed by atoms with Crippen LogP contribution in [0.3, 0.4) is 0 Å². The van der Waals surface area contributed by atoms with E-state index in [1.54, 1.807) is 12.1 Å². The first-order valence-electron chi connectivity index (χ1n) is 8.02. The molecule has 5 heteroatoms. The molecule has 2 atom stereocenters. The third-order valence-corrected chi connectivity index (χ3v) is 4.58. The molecule has 0 amide bonds. The second-order valence-electron chi connectivity index (χ2n) is 6.44. The Morgan fingerprint density at radius 3 is 2.62 bits per heavy atom. The van der Waals surface area contributed by atoms with Gasteiger partial charge in [-0.2, -0.15) is 0 Å². The highest BCUT2D eigenvalue weighted by Gasteiger charge is 2.28. The smallest absolute Gasteiger partial charge is 0.123 e. The van der Waals surface area contributed by atoms with Crippen molar-refractivity contribution in [1.82, 2.24) is 4.90 Å². The van der Waals surface area contributed by atoms with Gasteiger partial charge in [0.2, 0.25) is 0 Å². The number of nitrogens with zero attached hydrogens (tertiary/aromatic N) is 1. The molecule has 0 saturated carbocycles. The van der Waals surface area contributed by atoms with E-state index in [0.29, 0.717) is 25.2 Å². The number of aliphatic hydroxyl groups is 1. The molecule has 126 valence electrons. The van der Waals surface area contributed by atoms with E-state index in [1.165, 1.54) is 12.1 Å².